The third kappa shape index (κ3) is 6.24. The summed E-state index contributed by atoms with van der Waals surface area (Å²) in [6.07, 6.45) is 6.01. The second-order valence-electron chi connectivity index (χ2n) is 7.23. The number of rotatable bonds is 3. The molecule has 1 aliphatic carbocycles. The average molecular weight is 426 g/mol. The van der Waals surface area contributed by atoms with Gasteiger partial charge in [0.25, 0.3) is 0 Å². The lowest BCUT2D eigenvalue weighted by Gasteiger charge is -2.42. The Hall–Kier alpha value is -0.590. The molecule has 2 N–H and O–H groups in total. The van der Waals surface area contributed by atoms with Crippen LogP contribution in [0.2, 0.25) is 0 Å². The van der Waals surface area contributed by atoms with Crippen molar-refractivity contribution in [3.63, 3.8) is 0 Å². The van der Waals surface area contributed by atoms with Crippen LogP contribution in [-0.2, 0) is 11.3 Å². The SMILES string of the molecule is CC1(N)CCCCC1C(=O)N1CCN(Cc2ccccn2)CC1.Cl.Cl.Cl. The van der Waals surface area contributed by atoms with Crippen LogP contribution >= 0.6 is 37.2 Å². The second kappa shape index (κ2) is 11.3. The van der Waals surface area contributed by atoms with Crippen molar-refractivity contribution in [1.29, 1.82) is 0 Å². The number of nitrogens with two attached hydrogens (primary N) is 1. The number of piperazine rings is 1. The van der Waals surface area contributed by atoms with Crippen LogP contribution in [0.15, 0.2) is 24.4 Å². The van der Waals surface area contributed by atoms with Crippen molar-refractivity contribution in [2.45, 2.75) is 44.7 Å². The van der Waals surface area contributed by atoms with Crippen LogP contribution in [0.4, 0.5) is 0 Å². The number of hydrogen-bond acceptors (Lipinski definition) is 4. The molecule has 1 saturated heterocycles. The van der Waals surface area contributed by atoms with Crippen molar-refractivity contribution in [1.82, 2.24) is 14.8 Å². The fourth-order valence-corrected chi connectivity index (χ4v) is 3.83. The van der Waals surface area contributed by atoms with Crippen molar-refractivity contribution >= 4 is 43.1 Å². The van der Waals surface area contributed by atoms with Gasteiger partial charge < -0.3 is 10.6 Å². The summed E-state index contributed by atoms with van der Waals surface area (Å²) in [6, 6.07) is 6.01. The Balaban J connectivity index is 0.00000208. The van der Waals surface area contributed by atoms with Crippen molar-refractivity contribution < 1.29 is 4.79 Å². The van der Waals surface area contributed by atoms with E-state index in [1.165, 1.54) is 0 Å². The molecule has 2 heterocycles. The van der Waals surface area contributed by atoms with Crippen LogP contribution in [0, 0.1) is 5.92 Å². The van der Waals surface area contributed by atoms with Crippen LogP contribution in [0.5, 0.6) is 0 Å². The first-order valence-corrected chi connectivity index (χ1v) is 8.76. The fraction of sp³-hybridized carbons (Fsp3) is 0.667. The standard InChI is InChI=1S/C18H28N4O.3ClH/c1-18(19)8-4-2-7-16(18)17(23)22-12-10-21(11-13-22)14-15-6-3-5-9-20-15;;;/h3,5-6,9,16H,2,4,7-8,10-14,19H2,1H3;3*1H. The first-order chi connectivity index (χ1) is 11.1. The molecule has 2 aliphatic rings. The van der Waals surface area contributed by atoms with E-state index < -0.39 is 0 Å². The van der Waals surface area contributed by atoms with Gasteiger partial charge in [0.2, 0.25) is 5.91 Å². The van der Waals surface area contributed by atoms with E-state index in [-0.39, 0.29) is 54.6 Å². The summed E-state index contributed by atoms with van der Waals surface area (Å²) >= 11 is 0. The van der Waals surface area contributed by atoms with E-state index in [1.54, 1.807) is 0 Å². The van der Waals surface area contributed by atoms with Crippen LogP contribution in [0.1, 0.15) is 38.3 Å². The molecule has 2 atom stereocenters. The first-order valence-electron chi connectivity index (χ1n) is 8.76. The van der Waals surface area contributed by atoms with E-state index in [2.05, 4.69) is 16.0 Å². The molecule has 3 rings (SSSR count). The number of aromatic nitrogens is 1. The van der Waals surface area contributed by atoms with Gasteiger partial charge in [-0.3, -0.25) is 14.7 Å². The molecule has 2 fully saturated rings. The summed E-state index contributed by atoms with van der Waals surface area (Å²) in [5.74, 6) is 0.269. The second-order valence-corrected chi connectivity index (χ2v) is 7.23. The summed E-state index contributed by atoms with van der Waals surface area (Å²) in [7, 11) is 0. The molecule has 1 amide bonds. The van der Waals surface area contributed by atoms with Gasteiger partial charge in [0.05, 0.1) is 11.6 Å². The molecule has 5 nitrogen and oxygen atoms in total. The highest BCUT2D eigenvalue weighted by atomic mass is 35.5. The Kier molecular flexibility index (Phi) is 11.0. The minimum Gasteiger partial charge on any atom is -0.340 e. The van der Waals surface area contributed by atoms with Gasteiger partial charge in [0.15, 0.2) is 0 Å². The maximum absolute atomic E-state index is 12.8. The monoisotopic (exact) mass is 424 g/mol. The molecule has 150 valence electrons. The van der Waals surface area contributed by atoms with Gasteiger partial charge in [0, 0.05) is 44.5 Å². The summed E-state index contributed by atoms with van der Waals surface area (Å²) < 4.78 is 0. The largest absolute Gasteiger partial charge is 0.340 e. The molecular formula is C18H31Cl3N4O. The number of nitrogens with zero attached hydrogens (tertiary/aromatic N) is 3. The van der Waals surface area contributed by atoms with Crippen molar-refractivity contribution in [3.8, 4) is 0 Å². The lowest BCUT2D eigenvalue weighted by molar-refractivity contribution is -0.140. The predicted octanol–water partition coefficient (Wildman–Crippen LogP) is 2.90. The van der Waals surface area contributed by atoms with E-state index in [0.29, 0.717) is 0 Å². The zero-order chi connectivity index (χ0) is 16.3. The van der Waals surface area contributed by atoms with Gasteiger partial charge in [-0.05, 0) is 31.9 Å². The predicted molar refractivity (Wildman–Crippen MR) is 112 cm³/mol. The van der Waals surface area contributed by atoms with Gasteiger partial charge >= 0.3 is 0 Å². The van der Waals surface area contributed by atoms with E-state index in [1.807, 2.05) is 30.2 Å². The number of amides is 1. The molecular weight excluding hydrogens is 395 g/mol. The van der Waals surface area contributed by atoms with Crippen LogP contribution < -0.4 is 5.73 Å². The highest BCUT2D eigenvalue weighted by Gasteiger charge is 2.40. The lowest BCUT2D eigenvalue weighted by atomic mass is 9.74. The Morgan fingerprint density at radius 2 is 1.88 bits per heavy atom. The normalized spacial score (nSPS) is 26.1. The summed E-state index contributed by atoms with van der Waals surface area (Å²) in [6.45, 7) is 6.34. The van der Waals surface area contributed by atoms with Crippen molar-refractivity contribution in [2.75, 3.05) is 26.2 Å². The third-order valence-electron chi connectivity index (χ3n) is 5.35. The minimum absolute atomic E-state index is 0. The Morgan fingerprint density at radius 3 is 2.46 bits per heavy atom. The number of carbonyl (C=O) groups excluding carboxylic acids is 1. The Labute approximate surface area is 175 Å². The molecule has 1 saturated carbocycles. The van der Waals surface area contributed by atoms with Crippen molar-refractivity contribution in [2.24, 2.45) is 11.7 Å². The quantitative estimate of drug-likeness (QED) is 0.809. The molecule has 0 aromatic carbocycles. The van der Waals surface area contributed by atoms with E-state index in [0.717, 1.165) is 64.1 Å². The molecule has 2 unspecified atom stereocenters. The van der Waals surface area contributed by atoms with E-state index in [9.17, 15) is 4.79 Å². The average Bonchev–Trinajstić information content (AvgIpc) is 2.55. The van der Waals surface area contributed by atoms with E-state index in [4.69, 9.17) is 5.73 Å². The smallest absolute Gasteiger partial charge is 0.227 e. The number of hydrogen-bond donors (Lipinski definition) is 1. The zero-order valence-electron chi connectivity index (χ0n) is 15.3. The molecule has 1 aliphatic heterocycles. The van der Waals surface area contributed by atoms with E-state index >= 15 is 0 Å². The number of halogens is 3. The first kappa shape index (κ1) is 25.4. The summed E-state index contributed by atoms with van der Waals surface area (Å²) in [5.41, 5.74) is 7.15. The zero-order valence-corrected chi connectivity index (χ0v) is 17.8. The number of pyridine rings is 1. The Morgan fingerprint density at radius 1 is 1.19 bits per heavy atom. The number of carbonyl (C=O) groups is 1. The minimum atomic E-state index is -0.333. The molecule has 8 heteroatoms. The highest BCUT2D eigenvalue weighted by Crippen LogP contribution is 2.33. The Bertz CT molecular complexity index is 536. The molecule has 0 radical (unpaired) electrons. The maximum Gasteiger partial charge on any atom is 0.227 e. The fourth-order valence-electron chi connectivity index (χ4n) is 3.83. The molecule has 1 aromatic rings. The molecule has 26 heavy (non-hydrogen) atoms. The highest BCUT2D eigenvalue weighted by molar-refractivity contribution is 5.86. The maximum atomic E-state index is 12.8. The van der Waals surface area contributed by atoms with Gasteiger partial charge in [-0.25, -0.2) is 0 Å². The molecule has 0 bridgehead atoms. The van der Waals surface area contributed by atoms with Crippen LogP contribution in [0.25, 0.3) is 0 Å². The van der Waals surface area contributed by atoms with Gasteiger partial charge in [0.1, 0.15) is 0 Å². The van der Waals surface area contributed by atoms with Gasteiger partial charge in [-0.1, -0.05) is 18.9 Å². The molecule has 1 aromatic heterocycles. The summed E-state index contributed by atoms with van der Waals surface area (Å²) in [4.78, 5) is 21.6. The van der Waals surface area contributed by atoms with Gasteiger partial charge in [-0.2, -0.15) is 0 Å². The third-order valence-corrected chi connectivity index (χ3v) is 5.35. The summed E-state index contributed by atoms with van der Waals surface area (Å²) in [5, 5.41) is 0. The van der Waals surface area contributed by atoms with Gasteiger partial charge in [-0.15, -0.1) is 37.2 Å². The van der Waals surface area contributed by atoms with Crippen molar-refractivity contribution in [3.05, 3.63) is 30.1 Å². The van der Waals surface area contributed by atoms with Crippen LogP contribution in [0.3, 0.4) is 0 Å². The van der Waals surface area contributed by atoms with Crippen LogP contribution in [-0.4, -0.2) is 52.4 Å². The molecule has 0 spiro atoms. The lowest BCUT2D eigenvalue weighted by Crippen LogP contribution is -2.57. The topological polar surface area (TPSA) is 62.5 Å².